The van der Waals surface area contributed by atoms with Crippen LogP contribution in [-0.4, -0.2) is 30.9 Å². The van der Waals surface area contributed by atoms with Crippen LogP contribution in [0.15, 0.2) is 42.9 Å². The molecule has 0 fully saturated rings. The van der Waals surface area contributed by atoms with Crippen molar-refractivity contribution in [2.24, 2.45) is 0 Å². The zero-order valence-electron chi connectivity index (χ0n) is 13.2. The second-order valence-electron chi connectivity index (χ2n) is 6.21. The Kier molecular flexibility index (Phi) is 3.69. The predicted octanol–water partition coefficient (Wildman–Crippen LogP) is 2.54. The Morgan fingerprint density at radius 1 is 1.22 bits per heavy atom. The summed E-state index contributed by atoms with van der Waals surface area (Å²) < 4.78 is 1.72. The molecule has 0 atom stereocenters. The van der Waals surface area contributed by atoms with Gasteiger partial charge < -0.3 is 0 Å². The largest absolute Gasteiger partial charge is 0.291 e. The molecule has 2 aromatic heterocycles. The van der Waals surface area contributed by atoms with Gasteiger partial charge in [-0.2, -0.15) is 15.2 Å². The molecule has 0 spiro atoms. The summed E-state index contributed by atoms with van der Waals surface area (Å²) >= 11 is 0. The van der Waals surface area contributed by atoms with E-state index in [-0.39, 0.29) is 11.3 Å². The van der Waals surface area contributed by atoms with Crippen molar-refractivity contribution >= 4 is 11.9 Å². The van der Waals surface area contributed by atoms with E-state index in [2.05, 4.69) is 25.6 Å². The minimum Gasteiger partial charge on any atom is -0.291 e. The number of aromatic amines is 1. The molecule has 0 aliphatic heterocycles. The van der Waals surface area contributed by atoms with Crippen LogP contribution in [0.1, 0.15) is 36.8 Å². The van der Waals surface area contributed by atoms with Gasteiger partial charge >= 0.3 is 0 Å². The zero-order valence-corrected chi connectivity index (χ0v) is 13.2. The van der Waals surface area contributed by atoms with Crippen molar-refractivity contribution in [2.45, 2.75) is 26.2 Å². The van der Waals surface area contributed by atoms with Gasteiger partial charge in [0.2, 0.25) is 5.95 Å². The van der Waals surface area contributed by atoms with Gasteiger partial charge in [0, 0.05) is 11.6 Å². The van der Waals surface area contributed by atoms with Crippen molar-refractivity contribution in [1.29, 1.82) is 0 Å². The summed E-state index contributed by atoms with van der Waals surface area (Å²) in [6.07, 6.45) is 3.08. The number of benzene rings is 1. The van der Waals surface area contributed by atoms with Crippen LogP contribution in [0.3, 0.4) is 0 Å². The summed E-state index contributed by atoms with van der Waals surface area (Å²) in [7, 11) is 0. The summed E-state index contributed by atoms with van der Waals surface area (Å²) in [5, 5.41) is 13.6. The molecule has 23 heavy (non-hydrogen) atoms. The predicted molar refractivity (Wildman–Crippen MR) is 86.6 cm³/mol. The number of amides is 1. The molecule has 0 radical (unpaired) electrons. The van der Waals surface area contributed by atoms with Gasteiger partial charge in [-0.25, -0.2) is 9.78 Å². The van der Waals surface area contributed by atoms with E-state index < -0.39 is 0 Å². The second kappa shape index (κ2) is 5.68. The molecule has 7 heteroatoms. The van der Waals surface area contributed by atoms with Gasteiger partial charge in [0.1, 0.15) is 6.33 Å². The van der Waals surface area contributed by atoms with Gasteiger partial charge in [0.05, 0.1) is 16.9 Å². The van der Waals surface area contributed by atoms with E-state index in [1.807, 2.05) is 51.1 Å². The first-order valence-electron chi connectivity index (χ1n) is 7.27. The highest BCUT2D eigenvalue weighted by Crippen LogP contribution is 2.26. The molecule has 0 unspecified atom stereocenters. The molecule has 0 bridgehead atoms. The van der Waals surface area contributed by atoms with Crippen LogP contribution < -0.4 is 5.32 Å². The lowest BCUT2D eigenvalue weighted by Gasteiger charge is -2.16. The van der Waals surface area contributed by atoms with E-state index in [1.165, 1.54) is 6.33 Å². The molecule has 0 aliphatic carbocycles. The molecule has 2 N–H and O–H groups in total. The quantitative estimate of drug-likeness (QED) is 0.778. The van der Waals surface area contributed by atoms with E-state index in [9.17, 15) is 4.79 Å². The van der Waals surface area contributed by atoms with Crippen molar-refractivity contribution in [3.05, 3.63) is 54.1 Å². The first-order chi connectivity index (χ1) is 10.9. The third kappa shape index (κ3) is 3.13. The summed E-state index contributed by atoms with van der Waals surface area (Å²) in [5.74, 6) is 0.0381. The minimum atomic E-state index is -0.270. The van der Waals surface area contributed by atoms with Gasteiger partial charge in [0.15, 0.2) is 0 Å². The molecular weight excluding hydrogens is 292 g/mol. The number of H-pyrrole nitrogens is 1. The lowest BCUT2D eigenvalue weighted by Crippen LogP contribution is -2.20. The Morgan fingerprint density at radius 2 is 1.96 bits per heavy atom. The van der Waals surface area contributed by atoms with Crippen LogP contribution in [0.2, 0.25) is 0 Å². The van der Waals surface area contributed by atoms with E-state index >= 15 is 0 Å². The molecular formula is C16H18N6O. The number of carbonyl (C=O) groups excluding carboxylic acids is 1. The molecule has 3 rings (SSSR count). The average Bonchev–Trinajstić information content (AvgIpc) is 3.16. The van der Waals surface area contributed by atoms with Gasteiger partial charge in [-0.05, 0) is 12.1 Å². The van der Waals surface area contributed by atoms with Gasteiger partial charge in [0.25, 0.3) is 5.91 Å². The van der Waals surface area contributed by atoms with E-state index in [1.54, 1.807) is 10.9 Å². The fraction of sp³-hybridized carbons (Fsp3) is 0.250. The fourth-order valence-electron chi connectivity index (χ4n) is 2.25. The SMILES string of the molecule is CC(C)(C)c1nn(-c2ccccc2)cc1C(=O)Nc1ncn[nH]1. The van der Waals surface area contributed by atoms with Gasteiger partial charge in [-0.1, -0.05) is 39.0 Å². The maximum Gasteiger partial charge on any atom is 0.261 e. The lowest BCUT2D eigenvalue weighted by atomic mass is 9.89. The summed E-state index contributed by atoms with van der Waals surface area (Å²) in [4.78, 5) is 16.5. The Morgan fingerprint density at radius 3 is 2.57 bits per heavy atom. The number of nitrogens with zero attached hydrogens (tertiary/aromatic N) is 4. The molecule has 1 aromatic carbocycles. The number of anilines is 1. The van der Waals surface area contributed by atoms with Crippen LogP contribution in [0.4, 0.5) is 5.95 Å². The standard InChI is InChI=1S/C16H18N6O/c1-16(2,3)13-12(14(23)19-15-17-10-18-20-15)9-22(21-13)11-7-5-4-6-8-11/h4-10H,1-3H3,(H2,17,18,19,20,23). The molecule has 0 saturated carbocycles. The Labute approximate surface area is 133 Å². The third-order valence-electron chi connectivity index (χ3n) is 3.34. The molecule has 0 aliphatic rings. The molecule has 118 valence electrons. The monoisotopic (exact) mass is 310 g/mol. The maximum absolute atomic E-state index is 12.6. The van der Waals surface area contributed by atoms with Crippen LogP contribution in [0.25, 0.3) is 5.69 Å². The van der Waals surface area contributed by atoms with Crippen molar-refractivity contribution < 1.29 is 4.79 Å². The highest BCUT2D eigenvalue weighted by atomic mass is 16.1. The van der Waals surface area contributed by atoms with Crippen molar-refractivity contribution in [2.75, 3.05) is 5.32 Å². The van der Waals surface area contributed by atoms with Crippen molar-refractivity contribution in [3.63, 3.8) is 0 Å². The van der Waals surface area contributed by atoms with E-state index in [0.29, 0.717) is 11.5 Å². The van der Waals surface area contributed by atoms with Crippen molar-refractivity contribution in [1.82, 2.24) is 25.0 Å². The van der Waals surface area contributed by atoms with Crippen LogP contribution >= 0.6 is 0 Å². The number of carbonyl (C=O) groups is 1. The number of para-hydroxylation sites is 1. The molecule has 2 heterocycles. The highest BCUT2D eigenvalue weighted by molar-refractivity contribution is 6.04. The number of rotatable bonds is 3. The summed E-state index contributed by atoms with van der Waals surface area (Å²) in [6, 6.07) is 9.69. The van der Waals surface area contributed by atoms with Crippen LogP contribution in [0.5, 0.6) is 0 Å². The first-order valence-corrected chi connectivity index (χ1v) is 7.27. The molecule has 0 saturated heterocycles. The summed E-state index contributed by atoms with van der Waals surface area (Å²) in [6.45, 7) is 6.07. The number of nitrogens with one attached hydrogen (secondary N) is 2. The topological polar surface area (TPSA) is 88.5 Å². The Bertz CT molecular complexity index is 799. The van der Waals surface area contributed by atoms with Gasteiger partial charge in [-0.3, -0.25) is 10.1 Å². The molecule has 3 aromatic rings. The highest BCUT2D eigenvalue weighted by Gasteiger charge is 2.27. The zero-order chi connectivity index (χ0) is 16.4. The van der Waals surface area contributed by atoms with Crippen LogP contribution in [0, 0.1) is 0 Å². The average molecular weight is 310 g/mol. The first kappa shape index (κ1) is 15.0. The fourth-order valence-corrected chi connectivity index (χ4v) is 2.25. The number of aromatic nitrogens is 5. The summed E-state index contributed by atoms with van der Waals surface area (Å²) in [5.41, 5.74) is 1.86. The Hall–Kier alpha value is -2.96. The lowest BCUT2D eigenvalue weighted by molar-refractivity contribution is 0.102. The molecule has 7 nitrogen and oxygen atoms in total. The van der Waals surface area contributed by atoms with Crippen LogP contribution in [-0.2, 0) is 5.41 Å². The van der Waals surface area contributed by atoms with E-state index in [0.717, 1.165) is 11.4 Å². The normalized spacial score (nSPS) is 11.4. The number of hydrogen-bond donors (Lipinski definition) is 2. The van der Waals surface area contributed by atoms with Crippen molar-refractivity contribution in [3.8, 4) is 5.69 Å². The second-order valence-corrected chi connectivity index (χ2v) is 6.21. The molecule has 1 amide bonds. The maximum atomic E-state index is 12.6. The minimum absolute atomic E-state index is 0.270. The third-order valence-corrected chi connectivity index (χ3v) is 3.34. The van der Waals surface area contributed by atoms with Gasteiger partial charge in [-0.15, -0.1) is 0 Å². The smallest absolute Gasteiger partial charge is 0.261 e. The Balaban J connectivity index is 2.01. The van der Waals surface area contributed by atoms with E-state index in [4.69, 9.17) is 0 Å². The number of hydrogen-bond acceptors (Lipinski definition) is 4.